The van der Waals surface area contributed by atoms with Gasteiger partial charge in [0.1, 0.15) is 5.76 Å². The number of amides is 2. The first-order chi connectivity index (χ1) is 16.6. The summed E-state index contributed by atoms with van der Waals surface area (Å²) in [6.07, 6.45) is -0.860. The number of carbonyl (C=O) groups is 2. The van der Waals surface area contributed by atoms with Crippen LogP contribution in [-0.2, 0) is 9.47 Å². The molecule has 1 aromatic heterocycles. The number of fused-ring (bicyclic) bond motifs is 2. The second-order valence-electron chi connectivity index (χ2n) is 8.95. The predicted molar refractivity (Wildman–Crippen MR) is 115 cm³/mol. The van der Waals surface area contributed by atoms with E-state index < -0.39 is 18.2 Å². The monoisotopic (exact) mass is 493 g/mol. The van der Waals surface area contributed by atoms with Crippen LogP contribution in [0.15, 0.2) is 51.4 Å². The van der Waals surface area contributed by atoms with Gasteiger partial charge in [0.05, 0.1) is 12.1 Å². The third kappa shape index (κ3) is 5.05. The summed E-state index contributed by atoms with van der Waals surface area (Å²) in [7, 11) is 0. The molecule has 1 N–H and O–H groups in total. The third-order valence-corrected chi connectivity index (χ3v) is 6.51. The van der Waals surface area contributed by atoms with Gasteiger partial charge in [0, 0.05) is 49.5 Å². The Bertz CT molecular complexity index is 1250. The molecule has 9 nitrogen and oxygen atoms in total. The topological polar surface area (TPSA) is 105 Å². The predicted octanol–water partition coefficient (Wildman–Crippen LogP) is 3.26. The molecule has 2 fully saturated rings. The second-order valence-corrected chi connectivity index (χ2v) is 8.95. The Balaban J connectivity index is 1.09. The third-order valence-electron chi connectivity index (χ3n) is 6.51. The zero-order valence-corrected chi connectivity index (χ0v) is 18.4. The number of alkyl halides is 3. The average Bonchev–Trinajstić information content (AvgIpc) is 3.48. The van der Waals surface area contributed by atoms with Crippen molar-refractivity contribution >= 4 is 23.1 Å². The molecule has 1 unspecified atom stereocenters. The summed E-state index contributed by atoms with van der Waals surface area (Å²) in [6.45, 7) is 1.98. The SMILES string of the molecule is O=C(OCC1C=CC(OC(F)(F)F)=CC1)N1C[C@@H]2CN(C(=O)c3ccc4[nH]c(=O)oc4c3)C[C@H]2C1. The largest absolute Gasteiger partial charge is 0.573 e. The van der Waals surface area contributed by atoms with Crippen LogP contribution in [0.5, 0.6) is 0 Å². The normalized spacial score (nSPS) is 24.0. The molecular weight excluding hydrogens is 471 g/mol. The van der Waals surface area contributed by atoms with E-state index in [0.717, 1.165) is 0 Å². The van der Waals surface area contributed by atoms with Gasteiger partial charge in [0.15, 0.2) is 5.58 Å². The molecule has 2 saturated heterocycles. The number of H-pyrrole nitrogens is 1. The summed E-state index contributed by atoms with van der Waals surface area (Å²) in [5.74, 6) is -0.991. The van der Waals surface area contributed by atoms with Gasteiger partial charge in [0.2, 0.25) is 0 Å². The highest BCUT2D eigenvalue weighted by atomic mass is 19.4. The number of benzene rings is 1. The van der Waals surface area contributed by atoms with Crippen molar-refractivity contribution in [2.75, 3.05) is 32.8 Å². The highest BCUT2D eigenvalue weighted by Gasteiger charge is 2.43. The minimum Gasteiger partial charge on any atom is -0.449 e. The summed E-state index contributed by atoms with van der Waals surface area (Å²) >= 11 is 0. The lowest BCUT2D eigenvalue weighted by Crippen LogP contribution is -2.36. The van der Waals surface area contributed by atoms with Gasteiger partial charge in [-0.3, -0.25) is 9.78 Å². The van der Waals surface area contributed by atoms with Gasteiger partial charge < -0.3 is 23.7 Å². The van der Waals surface area contributed by atoms with Crippen LogP contribution in [0.4, 0.5) is 18.0 Å². The molecule has 2 aliphatic heterocycles. The molecule has 0 saturated carbocycles. The van der Waals surface area contributed by atoms with E-state index in [4.69, 9.17) is 9.15 Å². The van der Waals surface area contributed by atoms with Crippen LogP contribution in [-0.4, -0.2) is 65.9 Å². The smallest absolute Gasteiger partial charge is 0.449 e. The fraction of sp³-hybridized carbons (Fsp3) is 0.435. The first kappa shape index (κ1) is 23.1. The fourth-order valence-corrected chi connectivity index (χ4v) is 4.82. The quantitative estimate of drug-likeness (QED) is 0.701. The van der Waals surface area contributed by atoms with Crippen molar-refractivity contribution in [2.24, 2.45) is 17.8 Å². The van der Waals surface area contributed by atoms with Gasteiger partial charge in [-0.15, -0.1) is 13.2 Å². The molecule has 186 valence electrons. The average molecular weight is 493 g/mol. The summed E-state index contributed by atoms with van der Waals surface area (Å²) in [6, 6.07) is 4.81. The van der Waals surface area contributed by atoms with Crippen molar-refractivity contribution in [1.29, 1.82) is 0 Å². The van der Waals surface area contributed by atoms with Gasteiger partial charge >= 0.3 is 18.2 Å². The number of halogens is 3. The molecule has 1 aromatic carbocycles. The number of aromatic amines is 1. The highest BCUT2D eigenvalue weighted by molar-refractivity contribution is 5.97. The Morgan fingerprint density at radius 2 is 1.83 bits per heavy atom. The number of nitrogens with one attached hydrogen (secondary N) is 1. The first-order valence-corrected chi connectivity index (χ1v) is 11.1. The molecule has 0 spiro atoms. The lowest BCUT2D eigenvalue weighted by Gasteiger charge is -2.23. The zero-order chi connectivity index (χ0) is 24.7. The first-order valence-electron chi connectivity index (χ1n) is 11.1. The van der Waals surface area contributed by atoms with Crippen molar-refractivity contribution in [3.8, 4) is 0 Å². The molecule has 2 amide bonds. The van der Waals surface area contributed by atoms with Gasteiger partial charge in [-0.05, 0) is 36.8 Å². The molecule has 0 radical (unpaired) electrons. The van der Waals surface area contributed by atoms with E-state index in [1.165, 1.54) is 18.2 Å². The van der Waals surface area contributed by atoms with Crippen LogP contribution in [0, 0.1) is 17.8 Å². The molecule has 0 bridgehead atoms. The van der Waals surface area contributed by atoms with Crippen molar-refractivity contribution in [3.63, 3.8) is 0 Å². The number of ether oxygens (including phenoxy) is 2. The fourth-order valence-electron chi connectivity index (χ4n) is 4.82. The Kier molecular flexibility index (Phi) is 5.81. The van der Waals surface area contributed by atoms with Crippen LogP contribution in [0.1, 0.15) is 16.8 Å². The van der Waals surface area contributed by atoms with Gasteiger partial charge in [0.25, 0.3) is 5.91 Å². The molecule has 1 aliphatic carbocycles. The van der Waals surface area contributed by atoms with E-state index in [0.29, 0.717) is 42.8 Å². The van der Waals surface area contributed by atoms with E-state index in [1.807, 2.05) is 0 Å². The lowest BCUT2D eigenvalue weighted by atomic mass is 10.0. The number of oxazole rings is 1. The van der Waals surface area contributed by atoms with Crippen molar-refractivity contribution in [2.45, 2.75) is 12.8 Å². The van der Waals surface area contributed by atoms with Gasteiger partial charge in [-0.25, -0.2) is 9.59 Å². The minimum atomic E-state index is -4.74. The summed E-state index contributed by atoms with van der Waals surface area (Å²) < 4.78 is 51.1. The summed E-state index contributed by atoms with van der Waals surface area (Å²) in [4.78, 5) is 42.6. The number of rotatable bonds is 4. The Labute approximate surface area is 196 Å². The number of carbonyl (C=O) groups excluding carboxylic acids is 2. The standard InChI is InChI=1S/C23H22F3N3O6/c24-23(25,26)35-17-4-1-13(2-5-17)12-33-22(32)29-10-15-8-28(9-16(15)11-29)20(30)14-3-6-18-19(7-14)34-21(31)27-18/h1,3-7,13,15-16H,2,8-12H2,(H,27,31)/t13?,15-,16-/m0/s1. The molecule has 5 rings (SSSR count). The van der Waals surface area contributed by atoms with Crippen molar-refractivity contribution in [1.82, 2.24) is 14.8 Å². The van der Waals surface area contributed by atoms with Crippen molar-refractivity contribution in [3.05, 3.63) is 58.3 Å². The number of allylic oxidation sites excluding steroid dienone is 2. The molecule has 12 heteroatoms. The number of likely N-dealkylation sites (tertiary alicyclic amines) is 2. The number of aromatic nitrogens is 1. The summed E-state index contributed by atoms with van der Waals surface area (Å²) in [5.41, 5.74) is 1.27. The zero-order valence-electron chi connectivity index (χ0n) is 18.4. The minimum absolute atomic E-state index is 0.0549. The van der Waals surface area contributed by atoms with Crippen LogP contribution < -0.4 is 5.76 Å². The molecule has 3 aliphatic rings. The van der Waals surface area contributed by atoms with E-state index in [1.54, 1.807) is 28.0 Å². The van der Waals surface area contributed by atoms with Gasteiger partial charge in [-0.2, -0.15) is 0 Å². The van der Waals surface area contributed by atoms with Crippen LogP contribution >= 0.6 is 0 Å². The van der Waals surface area contributed by atoms with Crippen molar-refractivity contribution < 1.29 is 36.7 Å². The van der Waals surface area contributed by atoms with E-state index >= 15 is 0 Å². The Hall–Kier alpha value is -3.70. The van der Waals surface area contributed by atoms with Crippen LogP contribution in [0.2, 0.25) is 0 Å². The molecule has 2 aromatic rings. The number of hydrogen-bond acceptors (Lipinski definition) is 6. The van der Waals surface area contributed by atoms with Gasteiger partial charge in [-0.1, -0.05) is 6.08 Å². The highest BCUT2D eigenvalue weighted by Crippen LogP contribution is 2.33. The number of nitrogens with zero attached hydrogens (tertiary/aromatic N) is 2. The van der Waals surface area contributed by atoms with Crippen LogP contribution in [0.25, 0.3) is 11.1 Å². The molecule has 35 heavy (non-hydrogen) atoms. The van der Waals surface area contributed by atoms with E-state index in [9.17, 15) is 27.6 Å². The Morgan fingerprint density at radius 1 is 1.11 bits per heavy atom. The van der Waals surface area contributed by atoms with E-state index in [2.05, 4.69) is 9.72 Å². The molecule has 3 heterocycles. The lowest BCUT2D eigenvalue weighted by molar-refractivity contribution is -0.303. The number of hydrogen-bond donors (Lipinski definition) is 1. The molecular formula is C23H22F3N3O6. The maximum absolute atomic E-state index is 12.9. The molecule has 3 atom stereocenters. The summed E-state index contributed by atoms with van der Waals surface area (Å²) in [5, 5.41) is 0. The van der Waals surface area contributed by atoms with E-state index in [-0.39, 0.29) is 42.4 Å². The van der Waals surface area contributed by atoms with Crippen LogP contribution in [0.3, 0.4) is 0 Å². The maximum atomic E-state index is 12.9. The second kappa shape index (κ2) is 8.82. The maximum Gasteiger partial charge on any atom is 0.573 e. The Morgan fingerprint density at radius 3 is 2.49 bits per heavy atom.